The molecule has 0 fully saturated rings. The van der Waals surface area contributed by atoms with Crippen LogP contribution in [0.1, 0.15) is 27.0 Å². The fraction of sp³-hybridized carbons (Fsp3) is 0.154. The Morgan fingerprint density at radius 2 is 1.94 bits per heavy atom. The van der Waals surface area contributed by atoms with Crippen molar-refractivity contribution in [3.63, 3.8) is 0 Å². The zero-order valence-corrected chi connectivity index (χ0v) is 9.90. The van der Waals surface area contributed by atoms with E-state index in [0.717, 1.165) is 11.1 Å². The molecule has 0 unspecified atom stereocenters. The molecule has 0 aliphatic carbocycles. The number of aryl methyl sites for hydroxylation is 2. The lowest BCUT2D eigenvalue weighted by molar-refractivity contribution is 0.103. The molecule has 0 spiro atoms. The van der Waals surface area contributed by atoms with Gasteiger partial charge in [-0.05, 0) is 48.6 Å². The summed E-state index contributed by atoms with van der Waals surface area (Å²) in [6.45, 7) is 3.66. The lowest BCUT2D eigenvalue weighted by Gasteiger charge is -2.02. The number of benzene rings is 1. The predicted octanol–water partition coefficient (Wildman–Crippen LogP) is 3.74. The lowest BCUT2D eigenvalue weighted by Crippen LogP contribution is -2.02. The SMILES string of the molecule is Cc1cc(F)cc(C(=O)c2cscc2C)c1. The molecule has 0 aliphatic heterocycles. The van der Waals surface area contributed by atoms with Crippen LogP contribution in [0.5, 0.6) is 0 Å². The first-order valence-electron chi connectivity index (χ1n) is 4.92. The second-order valence-electron chi connectivity index (χ2n) is 3.81. The van der Waals surface area contributed by atoms with E-state index in [0.29, 0.717) is 11.1 Å². The lowest BCUT2D eigenvalue weighted by atomic mass is 10.0. The van der Waals surface area contributed by atoms with Gasteiger partial charge in [-0.3, -0.25) is 4.79 Å². The highest BCUT2D eigenvalue weighted by Crippen LogP contribution is 2.19. The van der Waals surface area contributed by atoms with Gasteiger partial charge >= 0.3 is 0 Å². The summed E-state index contributed by atoms with van der Waals surface area (Å²) in [6.07, 6.45) is 0. The third-order valence-electron chi connectivity index (χ3n) is 2.40. The van der Waals surface area contributed by atoms with E-state index in [1.807, 2.05) is 12.3 Å². The molecule has 16 heavy (non-hydrogen) atoms. The van der Waals surface area contributed by atoms with Crippen molar-refractivity contribution in [2.75, 3.05) is 0 Å². The van der Waals surface area contributed by atoms with Crippen LogP contribution in [0.2, 0.25) is 0 Å². The smallest absolute Gasteiger partial charge is 0.194 e. The third-order valence-corrected chi connectivity index (χ3v) is 3.27. The molecule has 82 valence electrons. The minimum atomic E-state index is -0.365. The molecular weight excluding hydrogens is 223 g/mol. The van der Waals surface area contributed by atoms with E-state index in [-0.39, 0.29) is 11.6 Å². The molecule has 3 heteroatoms. The monoisotopic (exact) mass is 234 g/mol. The average molecular weight is 234 g/mol. The summed E-state index contributed by atoms with van der Waals surface area (Å²) < 4.78 is 13.2. The normalized spacial score (nSPS) is 10.4. The minimum Gasteiger partial charge on any atom is -0.289 e. The highest BCUT2D eigenvalue weighted by molar-refractivity contribution is 7.08. The second-order valence-corrected chi connectivity index (χ2v) is 4.56. The molecule has 2 rings (SSSR count). The molecule has 0 radical (unpaired) electrons. The summed E-state index contributed by atoms with van der Waals surface area (Å²) in [5.41, 5.74) is 2.78. The van der Waals surface area contributed by atoms with Crippen molar-refractivity contribution in [2.45, 2.75) is 13.8 Å². The number of hydrogen-bond acceptors (Lipinski definition) is 2. The molecule has 0 amide bonds. The first-order valence-corrected chi connectivity index (χ1v) is 5.87. The van der Waals surface area contributed by atoms with Crippen molar-refractivity contribution >= 4 is 17.1 Å². The van der Waals surface area contributed by atoms with Crippen molar-refractivity contribution in [2.24, 2.45) is 0 Å². The molecule has 0 atom stereocenters. The third kappa shape index (κ3) is 2.04. The van der Waals surface area contributed by atoms with Crippen LogP contribution >= 0.6 is 11.3 Å². The van der Waals surface area contributed by atoms with Gasteiger partial charge in [0.15, 0.2) is 5.78 Å². The maximum absolute atomic E-state index is 13.2. The van der Waals surface area contributed by atoms with Crippen molar-refractivity contribution in [3.05, 3.63) is 57.0 Å². The minimum absolute atomic E-state index is 0.110. The van der Waals surface area contributed by atoms with E-state index in [1.54, 1.807) is 18.4 Å². The van der Waals surface area contributed by atoms with Crippen LogP contribution in [0.3, 0.4) is 0 Å². The van der Waals surface area contributed by atoms with Crippen molar-refractivity contribution < 1.29 is 9.18 Å². The van der Waals surface area contributed by atoms with Crippen LogP contribution in [0.4, 0.5) is 4.39 Å². The van der Waals surface area contributed by atoms with E-state index in [1.165, 1.54) is 23.5 Å². The predicted molar refractivity (Wildman–Crippen MR) is 63.6 cm³/mol. The van der Waals surface area contributed by atoms with E-state index in [4.69, 9.17) is 0 Å². The number of rotatable bonds is 2. The van der Waals surface area contributed by atoms with Gasteiger partial charge in [0.25, 0.3) is 0 Å². The molecule has 0 saturated heterocycles. The van der Waals surface area contributed by atoms with Gasteiger partial charge in [0.1, 0.15) is 5.82 Å². The molecule has 2 aromatic rings. The summed E-state index contributed by atoms with van der Waals surface area (Å²) in [7, 11) is 0. The van der Waals surface area contributed by atoms with Gasteiger partial charge in [-0.15, -0.1) is 0 Å². The van der Waals surface area contributed by atoms with E-state index in [2.05, 4.69) is 0 Å². The average Bonchev–Trinajstić information content (AvgIpc) is 2.62. The Morgan fingerprint density at radius 1 is 1.19 bits per heavy atom. The van der Waals surface area contributed by atoms with Gasteiger partial charge in [-0.2, -0.15) is 11.3 Å². The number of thiophene rings is 1. The molecule has 0 N–H and O–H groups in total. The first-order chi connectivity index (χ1) is 7.58. The van der Waals surface area contributed by atoms with Crippen molar-refractivity contribution in [3.8, 4) is 0 Å². The summed E-state index contributed by atoms with van der Waals surface area (Å²) >= 11 is 1.48. The first kappa shape index (κ1) is 11.0. The largest absolute Gasteiger partial charge is 0.289 e. The maximum Gasteiger partial charge on any atom is 0.194 e. The van der Waals surface area contributed by atoms with Crippen molar-refractivity contribution in [1.29, 1.82) is 0 Å². The summed E-state index contributed by atoms with van der Waals surface area (Å²) in [5, 5.41) is 3.72. The number of hydrogen-bond donors (Lipinski definition) is 0. The Kier molecular flexibility index (Phi) is 2.88. The van der Waals surface area contributed by atoms with Crippen molar-refractivity contribution in [1.82, 2.24) is 0 Å². The number of halogens is 1. The highest BCUT2D eigenvalue weighted by Gasteiger charge is 2.13. The van der Waals surface area contributed by atoms with Gasteiger partial charge in [-0.25, -0.2) is 4.39 Å². The van der Waals surface area contributed by atoms with Crippen LogP contribution in [0.15, 0.2) is 29.0 Å². The van der Waals surface area contributed by atoms with Gasteiger partial charge < -0.3 is 0 Å². The van der Waals surface area contributed by atoms with Crippen LogP contribution in [0, 0.1) is 19.7 Å². The zero-order chi connectivity index (χ0) is 11.7. The Balaban J connectivity index is 2.45. The van der Waals surface area contributed by atoms with Crippen LogP contribution in [-0.2, 0) is 0 Å². The van der Waals surface area contributed by atoms with E-state index < -0.39 is 0 Å². The summed E-state index contributed by atoms with van der Waals surface area (Å²) in [4.78, 5) is 12.1. The van der Waals surface area contributed by atoms with Crippen LogP contribution < -0.4 is 0 Å². The van der Waals surface area contributed by atoms with E-state index >= 15 is 0 Å². The van der Waals surface area contributed by atoms with Gasteiger partial charge in [-0.1, -0.05) is 0 Å². The molecule has 0 saturated carbocycles. The van der Waals surface area contributed by atoms with E-state index in [9.17, 15) is 9.18 Å². The maximum atomic E-state index is 13.2. The highest BCUT2D eigenvalue weighted by atomic mass is 32.1. The molecular formula is C13H11FOS. The number of carbonyl (C=O) groups is 1. The Labute approximate surface area is 97.6 Å². The topological polar surface area (TPSA) is 17.1 Å². The molecule has 1 nitrogen and oxygen atoms in total. The fourth-order valence-corrected chi connectivity index (χ4v) is 2.44. The zero-order valence-electron chi connectivity index (χ0n) is 9.08. The van der Waals surface area contributed by atoms with Crippen LogP contribution in [-0.4, -0.2) is 5.78 Å². The van der Waals surface area contributed by atoms with Gasteiger partial charge in [0.05, 0.1) is 0 Å². The number of ketones is 1. The Hall–Kier alpha value is -1.48. The fourth-order valence-electron chi connectivity index (χ4n) is 1.62. The summed E-state index contributed by atoms with van der Waals surface area (Å²) in [5.74, 6) is -0.474. The Morgan fingerprint density at radius 3 is 2.50 bits per heavy atom. The van der Waals surface area contributed by atoms with Gasteiger partial charge in [0, 0.05) is 16.5 Å². The van der Waals surface area contributed by atoms with Gasteiger partial charge in [0.2, 0.25) is 0 Å². The number of carbonyl (C=O) groups excluding carboxylic acids is 1. The van der Waals surface area contributed by atoms with Crippen LogP contribution in [0.25, 0.3) is 0 Å². The second kappa shape index (κ2) is 4.18. The molecule has 0 aliphatic rings. The quantitative estimate of drug-likeness (QED) is 0.723. The molecule has 1 aromatic heterocycles. The molecule has 1 aromatic carbocycles. The molecule has 0 bridgehead atoms. The summed E-state index contributed by atoms with van der Waals surface area (Å²) in [6, 6.07) is 4.41. The standard InChI is InChI=1S/C13H11FOS/c1-8-3-10(5-11(14)4-8)13(15)12-7-16-6-9(12)2/h3-7H,1-2H3. The molecule has 1 heterocycles. The Bertz CT molecular complexity index is 522.